The van der Waals surface area contributed by atoms with Crippen molar-refractivity contribution in [1.82, 2.24) is 9.55 Å². The molecule has 1 aromatic rings. The van der Waals surface area contributed by atoms with Crippen molar-refractivity contribution in [2.75, 3.05) is 23.9 Å². The van der Waals surface area contributed by atoms with Crippen molar-refractivity contribution in [1.29, 1.82) is 0 Å². The van der Waals surface area contributed by atoms with Gasteiger partial charge in [-0.3, -0.25) is 4.79 Å². The standard InChI is InChI=1S/C12H20ClN3O/c1-3-8-16-10-7-14-11(12(16)17)15(4-2)9-5-6-13/h7,10H,3-6,8-9H2,1-2H3. The first-order valence-corrected chi connectivity index (χ1v) is 6.64. The average Bonchev–Trinajstić information content (AvgIpc) is 2.34. The molecule has 0 bridgehead atoms. The fraction of sp³-hybridized carbons (Fsp3) is 0.667. The molecule has 0 fully saturated rings. The molecule has 0 spiro atoms. The first kappa shape index (κ1) is 14.0. The fourth-order valence-electron chi connectivity index (χ4n) is 1.73. The van der Waals surface area contributed by atoms with E-state index in [0.717, 1.165) is 32.5 Å². The second kappa shape index (κ2) is 7.33. The first-order valence-electron chi connectivity index (χ1n) is 6.10. The second-order valence-corrected chi connectivity index (χ2v) is 4.25. The van der Waals surface area contributed by atoms with Gasteiger partial charge >= 0.3 is 0 Å². The summed E-state index contributed by atoms with van der Waals surface area (Å²) in [5, 5.41) is 0. The zero-order chi connectivity index (χ0) is 12.7. The van der Waals surface area contributed by atoms with Crippen LogP contribution in [0.5, 0.6) is 0 Å². The van der Waals surface area contributed by atoms with E-state index >= 15 is 0 Å². The number of nitrogens with zero attached hydrogens (tertiary/aromatic N) is 3. The Balaban J connectivity index is 2.94. The maximum absolute atomic E-state index is 12.1. The molecule has 1 rings (SSSR count). The molecule has 0 aliphatic rings. The van der Waals surface area contributed by atoms with Crippen molar-refractivity contribution in [2.24, 2.45) is 0 Å². The highest BCUT2D eigenvalue weighted by Crippen LogP contribution is 2.04. The molecule has 5 heteroatoms. The number of aryl methyl sites for hydroxylation is 1. The quantitative estimate of drug-likeness (QED) is 0.703. The van der Waals surface area contributed by atoms with E-state index in [1.165, 1.54) is 0 Å². The molecule has 0 amide bonds. The van der Waals surface area contributed by atoms with Crippen molar-refractivity contribution in [3.05, 3.63) is 22.7 Å². The van der Waals surface area contributed by atoms with Crippen molar-refractivity contribution in [3.8, 4) is 0 Å². The minimum atomic E-state index is -0.00854. The third-order valence-corrected chi connectivity index (χ3v) is 2.87. The average molecular weight is 258 g/mol. The highest BCUT2D eigenvalue weighted by atomic mass is 35.5. The van der Waals surface area contributed by atoms with E-state index in [2.05, 4.69) is 11.9 Å². The van der Waals surface area contributed by atoms with Gasteiger partial charge in [-0.25, -0.2) is 4.98 Å². The minimum absolute atomic E-state index is 0.00854. The summed E-state index contributed by atoms with van der Waals surface area (Å²) < 4.78 is 1.71. The lowest BCUT2D eigenvalue weighted by Crippen LogP contribution is -2.34. The van der Waals surface area contributed by atoms with Gasteiger partial charge in [0.25, 0.3) is 5.56 Å². The zero-order valence-electron chi connectivity index (χ0n) is 10.5. The highest BCUT2D eigenvalue weighted by molar-refractivity contribution is 6.17. The molecule has 0 aromatic carbocycles. The van der Waals surface area contributed by atoms with E-state index in [1.54, 1.807) is 17.0 Å². The molecule has 4 nitrogen and oxygen atoms in total. The van der Waals surface area contributed by atoms with Gasteiger partial charge in [-0.15, -0.1) is 11.6 Å². The maximum atomic E-state index is 12.1. The van der Waals surface area contributed by atoms with Crippen LogP contribution in [0.3, 0.4) is 0 Å². The Kier molecular flexibility index (Phi) is 6.05. The van der Waals surface area contributed by atoms with Gasteiger partial charge in [0.15, 0.2) is 5.82 Å². The van der Waals surface area contributed by atoms with Crippen LogP contribution in [0.25, 0.3) is 0 Å². The number of halogens is 1. The molecule has 0 atom stereocenters. The lowest BCUT2D eigenvalue weighted by Gasteiger charge is -2.21. The lowest BCUT2D eigenvalue weighted by molar-refractivity contribution is 0.640. The Labute approximate surface area is 107 Å². The summed E-state index contributed by atoms with van der Waals surface area (Å²) >= 11 is 5.68. The molecule has 0 unspecified atom stereocenters. The molecule has 17 heavy (non-hydrogen) atoms. The summed E-state index contributed by atoms with van der Waals surface area (Å²) in [4.78, 5) is 18.3. The van der Waals surface area contributed by atoms with Crippen LogP contribution in [0.4, 0.5) is 5.82 Å². The molecular formula is C12H20ClN3O. The van der Waals surface area contributed by atoms with Crippen molar-refractivity contribution < 1.29 is 0 Å². The Morgan fingerprint density at radius 2 is 2.24 bits per heavy atom. The lowest BCUT2D eigenvalue weighted by atomic mass is 10.4. The van der Waals surface area contributed by atoms with E-state index in [-0.39, 0.29) is 5.56 Å². The SMILES string of the molecule is CCCn1ccnc(N(CC)CCCCl)c1=O. The van der Waals surface area contributed by atoms with Gasteiger partial charge in [-0.2, -0.15) is 0 Å². The third kappa shape index (κ3) is 3.73. The monoisotopic (exact) mass is 257 g/mol. The number of hydrogen-bond donors (Lipinski definition) is 0. The number of alkyl halides is 1. The fourth-order valence-corrected chi connectivity index (χ4v) is 1.85. The maximum Gasteiger partial charge on any atom is 0.293 e. The van der Waals surface area contributed by atoms with Crippen LogP contribution in [0.1, 0.15) is 26.7 Å². The van der Waals surface area contributed by atoms with Crippen molar-refractivity contribution in [3.63, 3.8) is 0 Å². The summed E-state index contributed by atoms with van der Waals surface area (Å²) in [5.41, 5.74) is -0.00854. The van der Waals surface area contributed by atoms with Gasteiger partial charge in [0, 0.05) is 37.9 Å². The van der Waals surface area contributed by atoms with Crippen LogP contribution in [-0.4, -0.2) is 28.5 Å². The van der Waals surface area contributed by atoms with Gasteiger partial charge in [0.2, 0.25) is 0 Å². The molecule has 0 saturated carbocycles. The van der Waals surface area contributed by atoms with E-state index < -0.39 is 0 Å². The molecule has 0 radical (unpaired) electrons. The van der Waals surface area contributed by atoms with Gasteiger partial charge < -0.3 is 9.47 Å². The van der Waals surface area contributed by atoms with Crippen molar-refractivity contribution in [2.45, 2.75) is 33.2 Å². The van der Waals surface area contributed by atoms with E-state index in [0.29, 0.717) is 11.7 Å². The largest absolute Gasteiger partial charge is 0.352 e. The Hall–Kier alpha value is -1.03. The number of hydrogen-bond acceptors (Lipinski definition) is 3. The third-order valence-electron chi connectivity index (χ3n) is 2.60. The smallest absolute Gasteiger partial charge is 0.293 e. The van der Waals surface area contributed by atoms with Gasteiger partial charge in [-0.1, -0.05) is 6.92 Å². The Morgan fingerprint density at radius 1 is 1.47 bits per heavy atom. The summed E-state index contributed by atoms with van der Waals surface area (Å²) in [6.45, 7) is 6.36. The van der Waals surface area contributed by atoms with Crippen LogP contribution in [0.15, 0.2) is 17.2 Å². The summed E-state index contributed by atoms with van der Waals surface area (Å²) in [5.74, 6) is 1.14. The summed E-state index contributed by atoms with van der Waals surface area (Å²) in [6, 6.07) is 0. The number of anilines is 1. The predicted octanol–water partition coefficient (Wildman–Crippen LogP) is 2.11. The van der Waals surface area contributed by atoms with Crippen molar-refractivity contribution >= 4 is 17.4 Å². The molecule has 0 aliphatic heterocycles. The topological polar surface area (TPSA) is 38.1 Å². The van der Waals surface area contributed by atoms with E-state index in [9.17, 15) is 4.79 Å². The summed E-state index contributed by atoms with van der Waals surface area (Å²) in [6.07, 6.45) is 5.23. The number of aromatic nitrogens is 2. The molecule has 0 N–H and O–H groups in total. The number of rotatable bonds is 7. The summed E-state index contributed by atoms with van der Waals surface area (Å²) in [7, 11) is 0. The molecule has 96 valence electrons. The van der Waals surface area contributed by atoms with Gasteiger partial charge in [-0.05, 0) is 19.8 Å². The zero-order valence-corrected chi connectivity index (χ0v) is 11.3. The highest BCUT2D eigenvalue weighted by Gasteiger charge is 2.11. The molecule has 1 aromatic heterocycles. The van der Waals surface area contributed by atoms with Crippen LogP contribution < -0.4 is 10.5 Å². The first-order chi connectivity index (χ1) is 8.24. The minimum Gasteiger partial charge on any atom is -0.352 e. The molecule has 1 heterocycles. The Bertz CT molecular complexity index is 392. The molecule has 0 saturated heterocycles. The van der Waals surface area contributed by atoms with Gasteiger partial charge in [0.05, 0.1) is 0 Å². The molecular weight excluding hydrogens is 238 g/mol. The van der Waals surface area contributed by atoms with Crippen LogP contribution >= 0.6 is 11.6 Å². The Morgan fingerprint density at radius 3 is 2.82 bits per heavy atom. The predicted molar refractivity (Wildman–Crippen MR) is 72.0 cm³/mol. The van der Waals surface area contributed by atoms with E-state index in [4.69, 9.17) is 11.6 Å². The van der Waals surface area contributed by atoms with Crippen LogP contribution in [0, 0.1) is 0 Å². The second-order valence-electron chi connectivity index (χ2n) is 3.87. The van der Waals surface area contributed by atoms with E-state index in [1.807, 2.05) is 11.8 Å². The van der Waals surface area contributed by atoms with Crippen LogP contribution in [-0.2, 0) is 6.54 Å². The normalized spacial score (nSPS) is 10.5. The van der Waals surface area contributed by atoms with Crippen LogP contribution in [0.2, 0.25) is 0 Å². The van der Waals surface area contributed by atoms with Gasteiger partial charge in [0.1, 0.15) is 0 Å². The molecule has 0 aliphatic carbocycles.